The molecule has 1 atom stereocenters. The highest BCUT2D eigenvalue weighted by molar-refractivity contribution is 5.73. The van der Waals surface area contributed by atoms with E-state index in [1.165, 1.54) is 19.3 Å². The first kappa shape index (κ1) is 17.4. The largest absolute Gasteiger partial charge is 0.480 e. The molecule has 0 aromatic heterocycles. The minimum Gasteiger partial charge on any atom is -0.480 e. The molecule has 108 valence electrons. The van der Waals surface area contributed by atoms with E-state index < -0.39 is 12.0 Å². The standard InChI is InChI=1S/C10H19NO3.C4H10/c12-7-6-9(10(13)14)11-8-4-2-1-3-5-8;1-4(2)3/h8-9,11-12H,1-7H2,(H,13,14);4H,1-3H3. The molecular weight excluding hydrogens is 230 g/mol. The summed E-state index contributed by atoms with van der Waals surface area (Å²) in [6.07, 6.45) is 6.05. The third-order valence-corrected chi connectivity index (χ3v) is 2.76. The van der Waals surface area contributed by atoms with Crippen LogP contribution in [0.5, 0.6) is 0 Å². The molecule has 3 N–H and O–H groups in total. The summed E-state index contributed by atoms with van der Waals surface area (Å²) in [7, 11) is 0. The predicted octanol–water partition coefficient (Wildman–Crippen LogP) is 2.41. The highest BCUT2D eigenvalue weighted by atomic mass is 16.4. The molecule has 0 bridgehead atoms. The Morgan fingerprint density at radius 1 is 1.22 bits per heavy atom. The molecule has 1 fully saturated rings. The highest BCUT2D eigenvalue weighted by Crippen LogP contribution is 2.18. The molecule has 1 aliphatic rings. The van der Waals surface area contributed by atoms with E-state index in [0.29, 0.717) is 12.5 Å². The van der Waals surface area contributed by atoms with Gasteiger partial charge in [0.05, 0.1) is 0 Å². The topological polar surface area (TPSA) is 69.6 Å². The van der Waals surface area contributed by atoms with Crippen molar-refractivity contribution in [3.8, 4) is 0 Å². The second kappa shape index (κ2) is 10.3. The molecule has 0 heterocycles. The quantitative estimate of drug-likeness (QED) is 0.709. The number of hydrogen-bond acceptors (Lipinski definition) is 3. The average molecular weight is 259 g/mol. The van der Waals surface area contributed by atoms with Gasteiger partial charge in [-0.2, -0.15) is 0 Å². The van der Waals surface area contributed by atoms with Gasteiger partial charge < -0.3 is 15.5 Å². The van der Waals surface area contributed by atoms with Crippen molar-refractivity contribution >= 4 is 5.97 Å². The van der Waals surface area contributed by atoms with Crippen molar-refractivity contribution in [3.63, 3.8) is 0 Å². The zero-order valence-electron chi connectivity index (χ0n) is 12.0. The van der Waals surface area contributed by atoms with Gasteiger partial charge in [0.1, 0.15) is 6.04 Å². The molecule has 1 rings (SSSR count). The molecule has 1 saturated carbocycles. The molecule has 0 radical (unpaired) electrons. The van der Waals surface area contributed by atoms with Crippen LogP contribution in [0.1, 0.15) is 59.3 Å². The fourth-order valence-electron chi connectivity index (χ4n) is 1.96. The molecule has 1 aliphatic carbocycles. The van der Waals surface area contributed by atoms with Crippen molar-refractivity contribution in [1.82, 2.24) is 5.32 Å². The molecule has 0 saturated heterocycles. The SMILES string of the molecule is CC(C)C.O=C(O)C(CCO)NC1CCCCC1. The zero-order valence-corrected chi connectivity index (χ0v) is 12.0. The Balaban J connectivity index is 0.000000631. The molecule has 1 unspecified atom stereocenters. The summed E-state index contributed by atoms with van der Waals surface area (Å²) in [5.41, 5.74) is 0. The van der Waals surface area contributed by atoms with Crippen LogP contribution in [-0.2, 0) is 4.79 Å². The van der Waals surface area contributed by atoms with Crippen LogP contribution in [0.2, 0.25) is 0 Å². The Labute approximate surface area is 111 Å². The number of aliphatic hydroxyl groups is 1. The number of hydrogen-bond donors (Lipinski definition) is 3. The van der Waals surface area contributed by atoms with Gasteiger partial charge in [-0.15, -0.1) is 0 Å². The third-order valence-electron chi connectivity index (χ3n) is 2.76. The highest BCUT2D eigenvalue weighted by Gasteiger charge is 2.21. The Kier molecular flexibility index (Phi) is 9.98. The summed E-state index contributed by atoms with van der Waals surface area (Å²) in [6, 6.07) is -0.250. The van der Waals surface area contributed by atoms with Crippen LogP contribution in [0.25, 0.3) is 0 Å². The first-order chi connectivity index (χ1) is 8.47. The maximum Gasteiger partial charge on any atom is 0.320 e. The van der Waals surface area contributed by atoms with Crippen LogP contribution < -0.4 is 5.32 Å². The molecule has 18 heavy (non-hydrogen) atoms. The van der Waals surface area contributed by atoms with Gasteiger partial charge in [0.2, 0.25) is 0 Å². The summed E-state index contributed by atoms with van der Waals surface area (Å²) >= 11 is 0. The lowest BCUT2D eigenvalue weighted by atomic mass is 9.94. The number of rotatable bonds is 5. The van der Waals surface area contributed by atoms with Crippen molar-refractivity contribution in [2.45, 2.75) is 71.4 Å². The van der Waals surface area contributed by atoms with Gasteiger partial charge >= 0.3 is 5.97 Å². The molecule has 4 nitrogen and oxygen atoms in total. The Hall–Kier alpha value is -0.610. The van der Waals surface area contributed by atoms with Gasteiger partial charge in [-0.25, -0.2) is 0 Å². The lowest BCUT2D eigenvalue weighted by Crippen LogP contribution is -2.44. The van der Waals surface area contributed by atoms with E-state index in [0.717, 1.165) is 18.8 Å². The number of carbonyl (C=O) groups is 1. The summed E-state index contributed by atoms with van der Waals surface area (Å²) in [5.74, 6) is -0.0235. The van der Waals surface area contributed by atoms with Crippen LogP contribution in [0, 0.1) is 5.92 Å². The van der Waals surface area contributed by atoms with E-state index in [1.807, 2.05) is 0 Å². The molecule has 0 amide bonds. The fraction of sp³-hybridized carbons (Fsp3) is 0.929. The van der Waals surface area contributed by atoms with Crippen LogP contribution in [-0.4, -0.2) is 34.9 Å². The minimum absolute atomic E-state index is 0.0727. The molecule has 0 aromatic rings. The van der Waals surface area contributed by atoms with Crippen LogP contribution in [0.4, 0.5) is 0 Å². The molecule has 0 aromatic carbocycles. The van der Waals surface area contributed by atoms with Gasteiger partial charge in [-0.1, -0.05) is 40.0 Å². The number of aliphatic hydroxyl groups excluding tert-OH is 1. The first-order valence-electron chi connectivity index (χ1n) is 7.07. The second-order valence-corrected chi connectivity index (χ2v) is 5.64. The summed E-state index contributed by atoms with van der Waals surface area (Å²) in [4.78, 5) is 10.8. The molecule has 0 spiro atoms. The number of aliphatic carboxylic acids is 1. The van der Waals surface area contributed by atoms with E-state index >= 15 is 0 Å². The first-order valence-corrected chi connectivity index (χ1v) is 7.07. The van der Waals surface area contributed by atoms with Crippen LogP contribution >= 0.6 is 0 Å². The zero-order chi connectivity index (χ0) is 14.0. The Morgan fingerprint density at radius 2 is 1.72 bits per heavy atom. The maximum absolute atomic E-state index is 10.8. The maximum atomic E-state index is 10.8. The summed E-state index contributed by atoms with van der Waals surface area (Å²) in [5, 5.41) is 20.7. The second-order valence-electron chi connectivity index (χ2n) is 5.64. The molecule has 0 aliphatic heterocycles. The lowest BCUT2D eigenvalue weighted by molar-refractivity contribution is -0.140. The van der Waals surface area contributed by atoms with Crippen molar-refractivity contribution in [2.75, 3.05) is 6.61 Å². The lowest BCUT2D eigenvalue weighted by Gasteiger charge is -2.26. The Morgan fingerprint density at radius 3 is 2.11 bits per heavy atom. The van der Waals surface area contributed by atoms with Gasteiger partial charge in [-0.05, 0) is 25.2 Å². The van der Waals surface area contributed by atoms with Gasteiger partial charge in [-0.3, -0.25) is 4.79 Å². The monoisotopic (exact) mass is 259 g/mol. The smallest absolute Gasteiger partial charge is 0.320 e. The summed E-state index contributed by atoms with van der Waals surface area (Å²) in [6.45, 7) is 6.43. The number of carboxylic acid groups (broad SMARTS) is 1. The third kappa shape index (κ3) is 9.42. The number of nitrogens with one attached hydrogen (secondary N) is 1. The van der Waals surface area contributed by atoms with Gasteiger partial charge in [0.25, 0.3) is 0 Å². The fourth-order valence-corrected chi connectivity index (χ4v) is 1.96. The van der Waals surface area contributed by atoms with E-state index in [9.17, 15) is 4.79 Å². The molecule has 4 heteroatoms. The normalized spacial score (nSPS) is 18.1. The van der Waals surface area contributed by atoms with Gasteiger partial charge in [0.15, 0.2) is 0 Å². The van der Waals surface area contributed by atoms with Crippen molar-refractivity contribution < 1.29 is 15.0 Å². The van der Waals surface area contributed by atoms with E-state index in [1.54, 1.807) is 0 Å². The van der Waals surface area contributed by atoms with Crippen molar-refractivity contribution in [3.05, 3.63) is 0 Å². The van der Waals surface area contributed by atoms with Crippen molar-refractivity contribution in [2.24, 2.45) is 5.92 Å². The number of carboxylic acids is 1. The Bertz CT molecular complexity index is 210. The molecular formula is C14H29NO3. The van der Waals surface area contributed by atoms with E-state index in [2.05, 4.69) is 26.1 Å². The van der Waals surface area contributed by atoms with E-state index in [4.69, 9.17) is 10.2 Å². The van der Waals surface area contributed by atoms with Crippen molar-refractivity contribution in [1.29, 1.82) is 0 Å². The van der Waals surface area contributed by atoms with Crippen LogP contribution in [0.3, 0.4) is 0 Å². The summed E-state index contributed by atoms with van der Waals surface area (Å²) < 4.78 is 0. The average Bonchev–Trinajstić information content (AvgIpc) is 2.29. The van der Waals surface area contributed by atoms with E-state index in [-0.39, 0.29) is 6.61 Å². The van der Waals surface area contributed by atoms with Crippen LogP contribution in [0.15, 0.2) is 0 Å². The minimum atomic E-state index is -0.857. The van der Waals surface area contributed by atoms with Gasteiger partial charge in [0, 0.05) is 12.6 Å². The predicted molar refractivity (Wildman–Crippen MR) is 73.6 cm³/mol.